The van der Waals surface area contributed by atoms with E-state index in [2.05, 4.69) is 46.9 Å². The fraction of sp³-hybridized carbons (Fsp3) is 0.567. The molecule has 1 amide bonds. The molecule has 7 nitrogen and oxygen atoms in total. The number of amides is 1. The first kappa shape index (κ1) is 32.1. The molecule has 0 atom stereocenters. The number of allylic oxidation sites excluding steroid dienone is 3. The molecule has 1 aliphatic rings. The Hall–Kier alpha value is -2.93. The molecule has 0 spiro atoms. The normalized spacial score (nSPS) is 14.6. The minimum atomic E-state index is -0.343. The molecule has 1 aromatic rings. The van der Waals surface area contributed by atoms with Crippen molar-refractivity contribution in [3.8, 4) is 0 Å². The first-order valence-corrected chi connectivity index (χ1v) is 14.0. The SMILES string of the molecule is C=C/C(=C\C=C/C)CN1CCC(NC(=O)C(=N)c2ccc(N(CC)CCCCC)nc2NC)CC1.CC. The molecule has 7 heteroatoms. The number of piperidine rings is 1. The van der Waals surface area contributed by atoms with Crippen molar-refractivity contribution in [1.29, 1.82) is 5.41 Å². The van der Waals surface area contributed by atoms with E-state index in [4.69, 9.17) is 10.4 Å². The Morgan fingerprint density at radius 3 is 2.51 bits per heavy atom. The second kappa shape index (κ2) is 18.3. The average molecular weight is 511 g/mol. The number of carbonyl (C=O) groups is 1. The van der Waals surface area contributed by atoms with Gasteiger partial charge in [0.1, 0.15) is 17.3 Å². The zero-order valence-electron chi connectivity index (χ0n) is 24.1. The highest BCUT2D eigenvalue weighted by Crippen LogP contribution is 2.21. The summed E-state index contributed by atoms with van der Waals surface area (Å²) < 4.78 is 0. The minimum Gasteiger partial charge on any atom is -0.373 e. The average Bonchev–Trinajstić information content (AvgIpc) is 2.94. The number of aromatic nitrogens is 1. The van der Waals surface area contributed by atoms with Gasteiger partial charge in [0, 0.05) is 51.4 Å². The number of carbonyl (C=O) groups excluding carboxylic acids is 1. The van der Waals surface area contributed by atoms with Gasteiger partial charge in [-0.15, -0.1) is 0 Å². The molecule has 0 bridgehead atoms. The van der Waals surface area contributed by atoms with Gasteiger partial charge in [0.2, 0.25) is 0 Å². The van der Waals surface area contributed by atoms with E-state index in [0.29, 0.717) is 11.4 Å². The van der Waals surface area contributed by atoms with Gasteiger partial charge < -0.3 is 15.5 Å². The summed E-state index contributed by atoms with van der Waals surface area (Å²) in [5, 5.41) is 14.7. The van der Waals surface area contributed by atoms with E-state index in [1.807, 2.05) is 51.1 Å². The van der Waals surface area contributed by atoms with Crippen LogP contribution in [-0.2, 0) is 4.79 Å². The van der Waals surface area contributed by atoms with Crippen LogP contribution in [-0.4, -0.2) is 67.3 Å². The molecule has 1 saturated heterocycles. The predicted molar refractivity (Wildman–Crippen MR) is 160 cm³/mol. The summed E-state index contributed by atoms with van der Waals surface area (Å²) in [5.74, 6) is 1.10. The van der Waals surface area contributed by atoms with E-state index in [-0.39, 0.29) is 17.7 Å². The maximum atomic E-state index is 12.9. The van der Waals surface area contributed by atoms with Gasteiger partial charge in [-0.1, -0.05) is 64.5 Å². The van der Waals surface area contributed by atoms with Gasteiger partial charge in [0.25, 0.3) is 5.91 Å². The second-order valence-electron chi connectivity index (χ2n) is 8.97. The number of likely N-dealkylation sites (tertiary alicyclic amines) is 1. The Labute approximate surface area is 225 Å². The Morgan fingerprint density at radius 2 is 1.95 bits per heavy atom. The molecule has 0 radical (unpaired) electrons. The Balaban J connectivity index is 0.00000334. The first-order chi connectivity index (χ1) is 18.0. The predicted octanol–water partition coefficient (Wildman–Crippen LogP) is 5.80. The van der Waals surface area contributed by atoms with Crippen molar-refractivity contribution in [2.75, 3.05) is 50.0 Å². The number of nitrogens with zero attached hydrogens (tertiary/aromatic N) is 3. The molecule has 0 aliphatic carbocycles. The van der Waals surface area contributed by atoms with Crippen LogP contribution in [0.15, 0.2) is 48.6 Å². The number of hydrogen-bond acceptors (Lipinski definition) is 6. The van der Waals surface area contributed by atoms with Crippen molar-refractivity contribution >= 4 is 23.3 Å². The van der Waals surface area contributed by atoms with Gasteiger partial charge in [-0.25, -0.2) is 4.98 Å². The fourth-order valence-corrected chi connectivity index (χ4v) is 4.28. The van der Waals surface area contributed by atoms with Crippen LogP contribution in [0.3, 0.4) is 0 Å². The fourth-order valence-electron chi connectivity index (χ4n) is 4.28. The smallest absolute Gasteiger partial charge is 0.270 e. The summed E-state index contributed by atoms with van der Waals surface area (Å²) in [6.45, 7) is 18.7. The zero-order chi connectivity index (χ0) is 27.6. The lowest BCUT2D eigenvalue weighted by Crippen LogP contribution is -2.46. The Bertz CT molecular complexity index is 899. The number of unbranched alkanes of at least 4 members (excludes halogenated alkanes) is 2. The summed E-state index contributed by atoms with van der Waals surface area (Å²) in [4.78, 5) is 22.3. The molecular formula is C30H50N6O. The molecule has 206 valence electrons. The molecule has 1 aromatic heterocycles. The van der Waals surface area contributed by atoms with Crippen LogP contribution >= 0.6 is 0 Å². The topological polar surface area (TPSA) is 84.4 Å². The van der Waals surface area contributed by atoms with Crippen molar-refractivity contribution < 1.29 is 4.79 Å². The third-order valence-electron chi connectivity index (χ3n) is 6.44. The Morgan fingerprint density at radius 1 is 1.24 bits per heavy atom. The van der Waals surface area contributed by atoms with Crippen molar-refractivity contribution in [2.45, 2.75) is 72.8 Å². The molecule has 2 rings (SSSR count). The third kappa shape index (κ3) is 10.5. The summed E-state index contributed by atoms with van der Waals surface area (Å²) in [5.41, 5.74) is 1.67. The molecule has 3 N–H and O–H groups in total. The summed E-state index contributed by atoms with van der Waals surface area (Å²) in [6, 6.07) is 3.84. The number of pyridine rings is 1. The number of rotatable bonds is 14. The second-order valence-corrected chi connectivity index (χ2v) is 8.97. The highest BCUT2D eigenvalue weighted by atomic mass is 16.1. The van der Waals surface area contributed by atoms with Gasteiger partial charge in [-0.2, -0.15) is 0 Å². The van der Waals surface area contributed by atoms with Gasteiger partial charge in [0.15, 0.2) is 0 Å². The van der Waals surface area contributed by atoms with Crippen molar-refractivity contribution in [3.05, 3.63) is 54.2 Å². The molecule has 1 aliphatic heterocycles. The lowest BCUT2D eigenvalue weighted by molar-refractivity contribution is -0.115. The lowest BCUT2D eigenvalue weighted by Gasteiger charge is -2.32. The molecular weight excluding hydrogens is 460 g/mol. The van der Waals surface area contributed by atoms with E-state index >= 15 is 0 Å². The van der Waals surface area contributed by atoms with Crippen LogP contribution in [0.1, 0.15) is 72.3 Å². The largest absolute Gasteiger partial charge is 0.373 e. The number of hydrogen-bond donors (Lipinski definition) is 3. The van der Waals surface area contributed by atoms with Crippen molar-refractivity contribution in [1.82, 2.24) is 15.2 Å². The zero-order valence-corrected chi connectivity index (χ0v) is 24.1. The monoisotopic (exact) mass is 510 g/mol. The minimum absolute atomic E-state index is 0.0481. The number of nitrogens with one attached hydrogen (secondary N) is 3. The van der Waals surface area contributed by atoms with Crippen molar-refractivity contribution in [3.63, 3.8) is 0 Å². The quantitative estimate of drug-likeness (QED) is 0.167. The van der Waals surface area contributed by atoms with Gasteiger partial charge in [-0.05, 0) is 50.8 Å². The van der Waals surface area contributed by atoms with E-state index in [1.54, 1.807) is 7.05 Å². The summed E-state index contributed by atoms with van der Waals surface area (Å²) >= 11 is 0. The summed E-state index contributed by atoms with van der Waals surface area (Å²) in [7, 11) is 1.78. The Kier molecular flexibility index (Phi) is 15.9. The van der Waals surface area contributed by atoms with E-state index in [9.17, 15) is 4.79 Å². The standard InChI is InChI=1S/C28H44N6O.C2H6/c1-6-10-12-18-34(9-4)25-15-14-24(27(30-5)32-25)26(29)28(35)31-23-16-19-33(20-17-23)21-22(8-3)13-11-7-2;1-2/h7-8,11,13-15,23,29H,3,6,9-10,12,16-21H2,1-2,4-5H3,(H,30,32)(H,31,35);1-2H3/b11-7-,22-13+,29-26?;. The van der Waals surface area contributed by atoms with E-state index in [0.717, 1.165) is 57.8 Å². The van der Waals surface area contributed by atoms with Crippen LogP contribution in [0.25, 0.3) is 0 Å². The molecule has 0 saturated carbocycles. The van der Waals surface area contributed by atoms with Crippen molar-refractivity contribution in [2.24, 2.45) is 0 Å². The van der Waals surface area contributed by atoms with E-state index < -0.39 is 0 Å². The van der Waals surface area contributed by atoms with E-state index in [1.165, 1.54) is 18.4 Å². The van der Waals surface area contributed by atoms with Crippen LogP contribution in [0.5, 0.6) is 0 Å². The van der Waals surface area contributed by atoms with Crippen LogP contribution < -0.4 is 15.5 Å². The maximum Gasteiger partial charge on any atom is 0.270 e. The maximum absolute atomic E-state index is 12.9. The third-order valence-corrected chi connectivity index (χ3v) is 6.44. The van der Waals surface area contributed by atoms with Gasteiger partial charge in [0.05, 0.1) is 0 Å². The molecule has 2 heterocycles. The van der Waals surface area contributed by atoms with Gasteiger partial charge in [-0.3, -0.25) is 15.1 Å². The van der Waals surface area contributed by atoms with Crippen LogP contribution in [0.4, 0.5) is 11.6 Å². The van der Waals surface area contributed by atoms with Crippen LogP contribution in [0.2, 0.25) is 0 Å². The van der Waals surface area contributed by atoms with Gasteiger partial charge >= 0.3 is 0 Å². The first-order valence-electron chi connectivity index (χ1n) is 14.0. The molecule has 0 aromatic carbocycles. The highest BCUT2D eigenvalue weighted by Gasteiger charge is 2.24. The lowest BCUT2D eigenvalue weighted by atomic mass is 10.0. The van der Waals surface area contributed by atoms with Crippen LogP contribution in [0, 0.1) is 5.41 Å². The molecule has 37 heavy (non-hydrogen) atoms. The molecule has 1 fully saturated rings. The summed E-state index contributed by atoms with van der Waals surface area (Å²) in [6.07, 6.45) is 13.3. The number of anilines is 2. The molecule has 0 unspecified atom stereocenters. The highest BCUT2D eigenvalue weighted by molar-refractivity contribution is 6.45.